The predicted molar refractivity (Wildman–Crippen MR) is 303 cm³/mol. The molecule has 1 rings (SSSR count). The minimum absolute atomic E-state index is 0.0526. The molecule has 0 bridgehead atoms. The molecule has 1 heterocycles. The molecule has 6 unspecified atom stereocenters. The second-order valence-corrected chi connectivity index (χ2v) is 21.3. The highest BCUT2D eigenvalue weighted by Gasteiger charge is 2.50. The molecule has 436 valence electrons. The molecule has 0 aromatic carbocycles. The number of carboxylic acids is 1. The fourth-order valence-corrected chi connectivity index (χ4v) is 9.38. The first kappa shape index (κ1) is 70.0. The lowest BCUT2D eigenvalue weighted by molar-refractivity contribution is -0.301. The van der Waals surface area contributed by atoms with E-state index in [9.17, 15) is 34.5 Å². The molecule has 0 spiro atoms. The van der Waals surface area contributed by atoms with Crippen molar-refractivity contribution in [3.63, 3.8) is 0 Å². The number of hydrogen-bond acceptors (Lipinski definition) is 11. The van der Waals surface area contributed by atoms with Gasteiger partial charge in [0.25, 0.3) is 0 Å². The maximum Gasteiger partial charge on any atom is 0.335 e. The van der Waals surface area contributed by atoms with Crippen LogP contribution in [0.1, 0.15) is 290 Å². The van der Waals surface area contributed by atoms with Crippen LogP contribution in [0.2, 0.25) is 0 Å². The summed E-state index contributed by atoms with van der Waals surface area (Å²) in [6.07, 6.45) is 48.3. The largest absolute Gasteiger partial charge is 0.479 e. The number of unbranched alkanes of at least 4 members (excludes halogenated alkanes) is 33. The predicted octanol–water partition coefficient (Wildman–Crippen LogP) is 16.0. The molecule has 0 saturated carbocycles. The van der Waals surface area contributed by atoms with Crippen LogP contribution in [0.5, 0.6) is 0 Å². The van der Waals surface area contributed by atoms with Crippen LogP contribution < -0.4 is 0 Å². The third kappa shape index (κ3) is 41.7. The summed E-state index contributed by atoms with van der Waals surface area (Å²) in [6, 6.07) is 0. The molecule has 0 aromatic rings. The van der Waals surface area contributed by atoms with Crippen molar-refractivity contribution in [1.29, 1.82) is 0 Å². The van der Waals surface area contributed by atoms with Crippen molar-refractivity contribution in [1.82, 2.24) is 0 Å². The molecule has 0 radical (unpaired) electrons. The summed E-state index contributed by atoms with van der Waals surface area (Å²) < 4.78 is 28.5. The summed E-state index contributed by atoms with van der Waals surface area (Å²) >= 11 is 0. The van der Waals surface area contributed by atoms with Crippen LogP contribution in [-0.2, 0) is 42.9 Å². The van der Waals surface area contributed by atoms with Crippen molar-refractivity contribution in [3.05, 3.63) is 36.5 Å². The monoisotopic (exact) mass is 1060 g/mol. The van der Waals surface area contributed by atoms with Gasteiger partial charge in [0, 0.05) is 19.3 Å². The number of ether oxygens (including phenoxy) is 5. The Morgan fingerprint density at radius 1 is 0.440 bits per heavy atom. The third-order valence-corrected chi connectivity index (χ3v) is 14.2. The Bertz CT molecular complexity index is 1450. The number of aliphatic hydroxyl groups excluding tert-OH is 2. The molecule has 12 heteroatoms. The van der Waals surface area contributed by atoms with Crippen LogP contribution in [0.3, 0.4) is 0 Å². The lowest BCUT2D eigenvalue weighted by atomic mass is 9.98. The standard InChI is InChI=1S/C63H112O12/c1-4-7-10-13-16-19-22-24-26-27-28-29-31-32-35-37-40-43-46-49-55(64)71-52-54(73-56(65)50-47-44-41-39-36-33-30-25-23-20-17-14-11-8-5-2)53-72-63-61(59(68)58(67)60(75-63)62(69)70)74-57(66)51-48-45-42-38-34-21-18-15-12-9-6-3/h15-16,18-19,24,26,54,58-61,63,67-68H,4-14,17,20-23,25,27-53H2,1-3H3,(H,69,70)/b18-15-,19-16-,26-24-. The number of carboxylic acid groups (broad SMARTS) is 1. The van der Waals surface area contributed by atoms with Gasteiger partial charge in [0.1, 0.15) is 18.8 Å². The van der Waals surface area contributed by atoms with Crippen molar-refractivity contribution < 1.29 is 58.2 Å². The van der Waals surface area contributed by atoms with Gasteiger partial charge in [-0.15, -0.1) is 0 Å². The van der Waals surface area contributed by atoms with Gasteiger partial charge in [0.05, 0.1) is 6.61 Å². The van der Waals surface area contributed by atoms with E-state index in [-0.39, 0.29) is 25.9 Å². The number of hydrogen-bond donors (Lipinski definition) is 3. The van der Waals surface area contributed by atoms with E-state index in [2.05, 4.69) is 57.2 Å². The van der Waals surface area contributed by atoms with Crippen LogP contribution >= 0.6 is 0 Å². The Kier molecular flexibility index (Phi) is 48.2. The average molecular weight is 1060 g/mol. The van der Waals surface area contributed by atoms with Gasteiger partial charge >= 0.3 is 23.9 Å². The highest BCUT2D eigenvalue weighted by molar-refractivity contribution is 5.74. The maximum atomic E-state index is 13.2. The van der Waals surface area contributed by atoms with Gasteiger partial charge in [-0.2, -0.15) is 0 Å². The molecule has 12 nitrogen and oxygen atoms in total. The Morgan fingerprint density at radius 3 is 1.28 bits per heavy atom. The minimum atomic E-state index is -1.90. The SMILES string of the molecule is CCCC/C=C\CCCCCCCC(=O)OC1C(OCC(COC(=O)CCCCCCCCCCC/C=C\C/C=C\CCCCC)OC(=O)CCCCCCCCCCCCCCCCC)OC(C(=O)O)C(O)C1O. The van der Waals surface area contributed by atoms with Gasteiger partial charge < -0.3 is 39.0 Å². The van der Waals surface area contributed by atoms with Crippen LogP contribution in [0, 0.1) is 0 Å². The number of aliphatic carboxylic acids is 1. The smallest absolute Gasteiger partial charge is 0.335 e. The first-order chi connectivity index (χ1) is 36.6. The molecule has 1 fully saturated rings. The molecule has 75 heavy (non-hydrogen) atoms. The van der Waals surface area contributed by atoms with Crippen molar-refractivity contribution in [3.8, 4) is 0 Å². The molecule has 1 saturated heterocycles. The van der Waals surface area contributed by atoms with E-state index in [0.29, 0.717) is 19.3 Å². The van der Waals surface area contributed by atoms with Crippen molar-refractivity contribution in [2.45, 2.75) is 327 Å². The molecule has 1 aliphatic rings. The van der Waals surface area contributed by atoms with E-state index < -0.39 is 67.3 Å². The molecular weight excluding hydrogens is 949 g/mol. The summed E-state index contributed by atoms with van der Waals surface area (Å²) in [6.45, 7) is 5.95. The highest BCUT2D eigenvalue weighted by Crippen LogP contribution is 2.27. The minimum Gasteiger partial charge on any atom is -0.479 e. The summed E-state index contributed by atoms with van der Waals surface area (Å²) in [7, 11) is 0. The number of carbonyl (C=O) groups excluding carboxylic acids is 3. The molecule has 0 amide bonds. The van der Waals surface area contributed by atoms with Crippen molar-refractivity contribution >= 4 is 23.9 Å². The first-order valence-electron chi connectivity index (χ1n) is 31.0. The van der Waals surface area contributed by atoms with Crippen LogP contribution in [0.4, 0.5) is 0 Å². The third-order valence-electron chi connectivity index (χ3n) is 14.2. The lowest BCUT2D eigenvalue weighted by Gasteiger charge is -2.40. The fourth-order valence-electron chi connectivity index (χ4n) is 9.38. The molecule has 0 aromatic heterocycles. The number of rotatable bonds is 53. The molecule has 3 N–H and O–H groups in total. The number of allylic oxidation sites excluding steroid dienone is 6. The fraction of sp³-hybridized carbons (Fsp3) is 0.841. The molecule has 6 atom stereocenters. The summed E-state index contributed by atoms with van der Waals surface area (Å²) in [5.41, 5.74) is 0. The summed E-state index contributed by atoms with van der Waals surface area (Å²) in [5, 5.41) is 31.5. The van der Waals surface area contributed by atoms with Gasteiger partial charge in [-0.05, 0) is 70.6 Å². The molecule has 0 aliphatic carbocycles. The summed E-state index contributed by atoms with van der Waals surface area (Å²) in [5.74, 6) is -3.11. The normalized spacial score (nSPS) is 18.3. The molecule has 1 aliphatic heterocycles. The Morgan fingerprint density at radius 2 is 0.813 bits per heavy atom. The van der Waals surface area contributed by atoms with Crippen LogP contribution in [0.25, 0.3) is 0 Å². The zero-order chi connectivity index (χ0) is 54.7. The number of esters is 3. The second kappa shape index (κ2) is 51.7. The molecular formula is C63H112O12. The van der Waals surface area contributed by atoms with E-state index in [1.54, 1.807) is 0 Å². The zero-order valence-corrected chi connectivity index (χ0v) is 48.1. The van der Waals surface area contributed by atoms with E-state index in [1.165, 1.54) is 141 Å². The van der Waals surface area contributed by atoms with Crippen molar-refractivity contribution in [2.75, 3.05) is 13.2 Å². The lowest BCUT2D eigenvalue weighted by Crippen LogP contribution is -2.61. The number of aliphatic hydroxyl groups is 2. The van der Waals surface area contributed by atoms with E-state index in [1.807, 2.05) is 0 Å². The summed E-state index contributed by atoms with van der Waals surface area (Å²) in [4.78, 5) is 51.1. The van der Waals surface area contributed by atoms with Gasteiger partial charge in [-0.3, -0.25) is 14.4 Å². The maximum absolute atomic E-state index is 13.2. The van der Waals surface area contributed by atoms with Gasteiger partial charge in [0.15, 0.2) is 24.6 Å². The quantitative estimate of drug-likeness (QED) is 0.0228. The second-order valence-electron chi connectivity index (χ2n) is 21.3. The van der Waals surface area contributed by atoms with Crippen LogP contribution in [0.15, 0.2) is 36.5 Å². The van der Waals surface area contributed by atoms with Gasteiger partial charge in [0.2, 0.25) is 0 Å². The Hall–Kier alpha value is -3.06. The number of carbonyl (C=O) groups is 4. The van der Waals surface area contributed by atoms with E-state index in [4.69, 9.17) is 23.7 Å². The Balaban J connectivity index is 2.65. The topological polar surface area (TPSA) is 175 Å². The first-order valence-corrected chi connectivity index (χ1v) is 31.0. The van der Waals surface area contributed by atoms with Gasteiger partial charge in [-0.25, -0.2) is 4.79 Å². The van der Waals surface area contributed by atoms with E-state index >= 15 is 0 Å². The zero-order valence-electron chi connectivity index (χ0n) is 48.1. The van der Waals surface area contributed by atoms with E-state index in [0.717, 1.165) is 89.9 Å². The van der Waals surface area contributed by atoms with Crippen molar-refractivity contribution in [2.24, 2.45) is 0 Å². The highest BCUT2D eigenvalue weighted by atomic mass is 16.7. The van der Waals surface area contributed by atoms with Gasteiger partial charge in [-0.1, -0.05) is 237 Å². The Labute approximate surface area is 457 Å². The van der Waals surface area contributed by atoms with Crippen LogP contribution in [-0.4, -0.2) is 89.2 Å². The average Bonchev–Trinajstić information content (AvgIpc) is 3.39.